The number of rotatable bonds is 8. The molecule has 5 aromatic rings. The molecule has 2 aromatic heterocycles. The van der Waals surface area contributed by atoms with E-state index in [9.17, 15) is 0 Å². The van der Waals surface area contributed by atoms with Gasteiger partial charge in [-0.05, 0) is 83.5 Å². The Labute approximate surface area is 297 Å². The van der Waals surface area contributed by atoms with Crippen LogP contribution in [0.2, 0.25) is 19.6 Å². The van der Waals surface area contributed by atoms with Crippen molar-refractivity contribution in [2.24, 2.45) is 23.7 Å². The van der Waals surface area contributed by atoms with Gasteiger partial charge in [0, 0.05) is 38.1 Å². The topological polar surface area (TPSA) is 25.8 Å². The van der Waals surface area contributed by atoms with Crippen molar-refractivity contribution in [3.8, 4) is 33.6 Å². The molecule has 3 atom stereocenters. The first-order valence-electron chi connectivity index (χ1n) is 17.2. The van der Waals surface area contributed by atoms with E-state index in [4.69, 9.17) is 4.98 Å². The van der Waals surface area contributed by atoms with Crippen LogP contribution in [0.4, 0.5) is 0 Å². The quantitative estimate of drug-likeness (QED) is 0.115. The molecular weight excluding hydrogens is 765 g/mol. The van der Waals surface area contributed by atoms with Crippen LogP contribution < -0.4 is 5.19 Å². The molecule has 2 fully saturated rings. The van der Waals surface area contributed by atoms with Crippen LogP contribution in [0.25, 0.3) is 33.6 Å². The Morgan fingerprint density at radius 2 is 1.36 bits per heavy atom. The largest absolute Gasteiger partial charge is 0.305 e. The minimum Gasteiger partial charge on any atom is -0.305 e. The molecule has 2 aliphatic carbocycles. The van der Waals surface area contributed by atoms with Gasteiger partial charge in [0.25, 0.3) is 0 Å². The van der Waals surface area contributed by atoms with E-state index in [1.165, 1.54) is 48.8 Å². The summed E-state index contributed by atoms with van der Waals surface area (Å²) >= 11 is 0. The van der Waals surface area contributed by atoms with E-state index in [0.29, 0.717) is 5.92 Å². The second-order valence-electron chi connectivity index (χ2n) is 14.9. The fourth-order valence-corrected chi connectivity index (χ4v) is 9.22. The Balaban J connectivity index is 0.000000181. The van der Waals surface area contributed by atoms with E-state index in [1.54, 1.807) is 10.8 Å². The molecule has 0 N–H and O–H groups in total. The van der Waals surface area contributed by atoms with E-state index in [1.807, 2.05) is 42.6 Å². The summed E-state index contributed by atoms with van der Waals surface area (Å²) in [6, 6.07) is 37.9. The first-order chi connectivity index (χ1) is 22.2. The Morgan fingerprint density at radius 3 is 1.89 bits per heavy atom. The van der Waals surface area contributed by atoms with Gasteiger partial charge in [0.05, 0.1) is 8.07 Å². The fraction of sp³-hybridized carbons (Fsp3) is 0.349. The summed E-state index contributed by atoms with van der Waals surface area (Å²) < 4.78 is 0. The van der Waals surface area contributed by atoms with Crippen LogP contribution in [0.3, 0.4) is 0 Å². The number of pyridine rings is 2. The van der Waals surface area contributed by atoms with Crippen molar-refractivity contribution < 1.29 is 20.1 Å². The first kappa shape index (κ1) is 35.1. The summed E-state index contributed by atoms with van der Waals surface area (Å²) in [5, 5.41) is 1.56. The number of fused-ring (bicyclic) bond motifs is 2. The van der Waals surface area contributed by atoms with Gasteiger partial charge in [0.15, 0.2) is 0 Å². The van der Waals surface area contributed by atoms with Gasteiger partial charge in [-0.25, -0.2) is 0 Å². The average molecular weight is 813 g/mol. The number of aromatic nitrogens is 2. The van der Waals surface area contributed by atoms with E-state index in [2.05, 4.69) is 111 Å². The van der Waals surface area contributed by atoms with Crippen molar-refractivity contribution in [1.29, 1.82) is 0 Å². The predicted octanol–water partition coefficient (Wildman–Crippen LogP) is 10.5. The van der Waals surface area contributed by atoms with E-state index < -0.39 is 8.07 Å². The van der Waals surface area contributed by atoms with Gasteiger partial charge in [0.2, 0.25) is 0 Å². The zero-order valence-corrected chi connectivity index (χ0v) is 32.0. The van der Waals surface area contributed by atoms with Crippen LogP contribution >= 0.6 is 0 Å². The average Bonchev–Trinajstić information content (AvgIpc) is 3.69. The molecular formula is C43H48IrN2Si-2. The zero-order chi connectivity index (χ0) is 32.1. The molecule has 2 heterocycles. The molecule has 245 valence electrons. The summed E-state index contributed by atoms with van der Waals surface area (Å²) in [7, 11) is -1.37. The molecule has 2 aliphatic rings. The van der Waals surface area contributed by atoms with Crippen LogP contribution in [0, 0.1) is 35.8 Å². The maximum Gasteiger partial charge on any atom is 0.0798 e. The van der Waals surface area contributed by atoms with Gasteiger partial charge < -0.3 is 9.97 Å². The zero-order valence-electron chi connectivity index (χ0n) is 28.6. The minimum atomic E-state index is -1.37. The third-order valence-corrected chi connectivity index (χ3v) is 11.9. The maximum absolute atomic E-state index is 4.80. The Bertz CT molecular complexity index is 1710. The smallest absolute Gasteiger partial charge is 0.0798 e. The van der Waals surface area contributed by atoms with Gasteiger partial charge >= 0.3 is 0 Å². The summed E-state index contributed by atoms with van der Waals surface area (Å²) in [6.45, 7) is 11.8. The Hall–Kier alpha value is -3.17. The monoisotopic (exact) mass is 813 g/mol. The molecule has 0 aliphatic heterocycles. The number of hydrogen-bond acceptors (Lipinski definition) is 2. The molecule has 3 unspecified atom stereocenters. The van der Waals surface area contributed by atoms with Gasteiger partial charge in [-0.2, -0.15) is 0 Å². The third-order valence-electron chi connectivity index (χ3n) is 9.84. The summed E-state index contributed by atoms with van der Waals surface area (Å²) in [4.78, 5) is 9.46. The van der Waals surface area contributed by atoms with Crippen molar-refractivity contribution in [2.75, 3.05) is 0 Å². The summed E-state index contributed by atoms with van der Waals surface area (Å²) in [5.74, 6) is 3.54. The van der Waals surface area contributed by atoms with Gasteiger partial charge in [-0.3, -0.25) is 0 Å². The van der Waals surface area contributed by atoms with Gasteiger partial charge in [-0.15, -0.1) is 71.8 Å². The van der Waals surface area contributed by atoms with E-state index >= 15 is 0 Å². The van der Waals surface area contributed by atoms with Crippen LogP contribution in [0.15, 0.2) is 103 Å². The van der Waals surface area contributed by atoms with Crippen LogP contribution in [0.5, 0.6) is 0 Å². The number of benzene rings is 3. The number of hydrogen-bond donors (Lipinski definition) is 0. The Morgan fingerprint density at radius 1 is 0.745 bits per heavy atom. The first-order valence-corrected chi connectivity index (χ1v) is 20.7. The number of nitrogens with zero attached hydrogens (tertiary/aromatic N) is 2. The van der Waals surface area contributed by atoms with Gasteiger partial charge in [-0.1, -0.05) is 87.9 Å². The minimum absolute atomic E-state index is 0. The molecule has 3 aromatic carbocycles. The molecule has 2 saturated carbocycles. The van der Waals surface area contributed by atoms with E-state index in [-0.39, 0.29) is 20.1 Å². The molecule has 2 nitrogen and oxygen atoms in total. The molecule has 47 heavy (non-hydrogen) atoms. The van der Waals surface area contributed by atoms with E-state index in [0.717, 1.165) is 46.7 Å². The van der Waals surface area contributed by atoms with Crippen LogP contribution in [-0.2, 0) is 32.9 Å². The summed E-state index contributed by atoms with van der Waals surface area (Å²) in [6.07, 6.45) is 12.4. The predicted molar refractivity (Wildman–Crippen MR) is 197 cm³/mol. The normalized spacial score (nSPS) is 18.4. The molecule has 0 spiro atoms. The molecule has 0 amide bonds. The van der Waals surface area contributed by atoms with Crippen LogP contribution in [0.1, 0.15) is 50.7 Å². The van der Waals surface area contributed by atoms with Crippen molar-refractivity contribution in [3.63, 3.8) is 0 Å². The molecule has 1 radical (unpaired) electrons. The third kappa shape index (κ3) is 8.85. The molecule has 0 saturated heterocycles. The van der Waals surface area contributed by atoms with Crippen LogP contribution in [-0.4, -0.2) is 18.0 Å². The maximum atomic E-state index is 4.80. The van der Waals surface area contributed by atoms with Gasteiger partial charge in [0.1, 0.15) is 0 Å². The van der Waals surface area contributed by atoms with Crippen molar-refractivity contribution >= 4 is 13.3 Å². The second kappa shape index (κ2) is 15.8. The fourth-order valence-electron chi connectivity index (χ4n) is 7.63. The Kier molecular flexibility index (Phi) is 11.8. The molecule has 7 rings (SSSR count). The SMILES string of the molecule is CC(C)Cc1cc(-c2[c-]cccc2)ncc1-c1ccccc1.C[Si](C)(C)c1cnc(-c2[c-]cccc2)cc1CC1CC2CCC1C2.[Ir]. The van der Waals surface area contributed by atoms with Crippen molar-refractivity contribution in [1.82, 2.24) is 9.97 Å². The second-order valence-corrected chi connectivity index (χ2v) is 19.9. The summed E-state index contributed by atoms with van der Waals surface area (Å²) in [5.41, 5.74) is 9.65. The standard InChI is InChI=1S/C22H28NSi.C21H20N.Ir/c1-24(2,3)22-15-23-21(17-7-5-4-6-8-17)14-20(22)13-19-12-16-9-10-18(19)11-16;1-16(2)13-19-14-21(18-11-7-4-8-12-18)22-15-20(19)17-9-5-3-6-10-17;/h4-7,14-16,18-19H,9-13H2,1-3H3;3-11,14-16H,13H2,1-2H3;/q2*-1;. The van der Waals surface area contributed by atoms with Crippen molar-refractivity contribution in [2.45, 2.75) is 72.0 Å². The van der Waals surface area contributed by atoms with Crippen molar-refractivity contribution in [3.05, 3.63) is 127 Å². The molecule has 2 bridgehead atoms. The molecule has 4 heteroatoms.